The number of anilines is 2. The van der Waals surface area contributed by atoms with Gasteiger partial charge in [-0.15, -0.1) is 0 Å². The van der Waals surface area contributed by atoms with Gasteiger partial charge >= 0.3 is 0 Å². The van der Waals surface area contributed by atoms with Gasteiger partial charge in [-0.25, -0.2) is 9.37 Å². The molecule has 1 amide bonds. The Balaban J connectivity index is 0.00000144. The molecule has 0 bridgehead atoms. The largest absolute Gasteiger partial charge is 0.506 e. The van der Waals surface area contributed by atoms with Crippen LogP contribution in [0.15, 0.2) is 96.3 Å². The standard InChI is InChI=1S/C35H35ClFN3O3.2CH2O/c1-5-35(3,4)19-29-22(2)33(26-16-15-25(18-27(26)37)43-21-23-10-7-6-8-11-23)40(30-12-9-13-31(41)32(30)39-29)34(42)28-17-14-24(36)20-38-28;2*1-2/h6-18,20,33,39,41H,5,19,21H2,1-4H3;2*1H2. The number of benzene rings is 3. The van der Waals surface area contributed by atoms with E-state index in [0.29, 0.717) is 35.2 Å². The zero-order valence-corrected chi connectivity index (χ0v) is 27.7. The van der Waals surface area contributed by atoms with Crippen molar-refractivity contribution in [1.82, 2.24) is 4.98 Å². The molecule has 0 saturated carbocycles. The zero-order chi connectivity index (χ0) is 34.7. The second-order valence-electron chi connectivity index (χ2n) is 11.5. The molecule has 2 N–H and O–H groups in total. The second kappa shape index (κ2) is 16.5. The second-order valence-corrected chi connectivity index (χ2v) is 12.0. The highest BCUT2D eigenvalue weighted by atomic mass is 35.5. The Morgan fingerprint density at radius 2 is 1.74 bits per heavy atom. The minimum absolute atomic E-state index is 0.0234. The minimum Gasteiger partial charge on any atom is -0.506 e. The number of nitrogens with zero attached hydrogens (tertiary/aromatic N) is 2. The number of carbonyl (C=O) groups is 3. The zero-order valence-electron chi connectivity index (χ0n) is 26.9. The molecule has 1 aliphatic heterocycles. The fraction of sp³-hybridized carbons (Fsp3) is 0.243. The summed E-state index contributed by atoms with van der Waals surface area (Å²) >= 11 is 6.07. The normalized spacial score (nSPS) is 13.9. The van der Waals surface area contributed by atoms with Crippen molar-refractivity contribution in [3.8, 4) is 11.5 Å². The number of carbonyl (C=O) groups excluding carboxylic acids is 3. The Hall–Kier alpha value is -5.02. The van der Waals surface area contributed by atoms with Crippen LogP contribution in [0.5, 0.6) is 11.5 Å². The van der Waals surface area contributed by atoms with Gasteiger partial charge in [-0.1, -0.05) is 75.2 Å². The van der Waals surface area contributed by atoms with Crippen molar-refractivity contribution < 1.29 is 28.6 Å². The molecule has 0 spiro atoms. The Kier molecular flexibility index (Phi) is 12.8. The molecule has 1 aliphatic rings. The van der Waals surface area contributed by atoms with Gasteiger partial charge in [-0.2, -0.15) is 0 Å². The van der Waals surface area contributed by atoms with Crippen LogP contribution in [0, 0.1) is 11.2 Å². The Bertz CT molecular complexity index is 1690. The summed E-state index contributed by atoms with van der Waals surface area (Å²) in [6.07, 6.45) is 2.91. The van der Waals surface area contributed by atoms with Crippen LogP contribution in [0.4, 0.5) is 15.8 Å². The average Bonchev–Trinajstić information content (AvgIpc) is 3.20. The number of phenolic OH excluding ortho intramolecular Hbond substituents is 1. The van der Waals surface area contributed by atoms with Gasteiger partial charge in [-0.3, -0.25) is 9.69 Å². The van der Waals surface area contributed by atoms with Crippen LogP contribution in [0.25, 0.3) is 0 Å². The van der Waals surface area contributed by atoms with Crippen LogP contribution in [-0.4, -0.2) is 29.6 Å². The van der Waals surface area contributed by atoms with Crippen LogP contribution in [0.2, 0.25) is 5.02 Å². The highest BCUT2D eigenvalue weighted by molar-refractivity contribution is 6.30. The molecule has 0 saturated heterocycles. The van der Waals surface area contributed by atoms with E-state index in [-0.39, 0.29) is 22.4 Å². The van der Waals surface area contributed by atoms with Gasteiger partial charge in [0, 0.05) is 23.5 Å². The van der Waals surface area contributed by atoms with E-state index in [1.807, 2.05) is 50.8 Å². The lowest BCUT2D eigenvalue weighted by molar-refractivity contribution is -0.0987. The van der Waals surface area contributed by atoms with E-state index in [0.717, 1.165) is 23.3 Å². The third-order valence-corrected chi connectivity index (χ3v) is 8.22. The molecule has 10 heteroatoms. The van der Waals surface area contributed by atoms with Gasteiger partial charge in [-0.05, 0) is 66.3 Å². The Morgan fingerprint density at radius 3 is 2.36 bits per heavy atom. The number of halogens is 2. The SMILES string of the molecule is C=O.C=O.CCC(C)(C)CC1=C(C)C(c2ccc(OCc3ccccc3)cc2F)N(C(=O)c2ccc(Cl)cn2)c2cccc(O)c2N1. The summed E-state index contributed by atoms with van der Waals surface area (Å²) in [6, 6.07) is 21.6. The Labute approximate surface area is 279 Å². The smallest absolute Gasteiger partial charge is 0.277 e. The first-order valence-electron chi connectivity index (χ1n) is 14.9. The van der Waals surface area contributed by atoms with Crippen LogP contribution >= 0.6 is 11.6 Å². The number of nitrogens with one attached hydrogen (secondary N) is 1. The minimum atomic E-state index is -0.855. The summed E-state index contributed by atoms with van der Waals surface area (Å²) in [5, 5.41) is 14.8. The molecule has 1 unspecified atom stereocenters. The maximum atomic E-state index is 16.2. The van der Waals surface area contributed by atoms with E-state index >= 15 is 4.39 Å². The first-order valence-corrected chi connectivity index (χ1v) is 15.2. The van der Waals surface area contributed by atoms with Gasteiger partial charge < -0.3 is 24.7 Å². The number of para-hydroxylation sites is 1. The highest BCUT2D eigenvalue weighted by Gasteiger charge is 2.38. The number of allylic oxidation sites excluding steroid dienone is 1. The number of fused-ring (bicyclic) bond motifs is 1. The molecule has 3 aromatic carbocycles. The predicted molar refractivity (Wildman–Crippen MR) is 183 cm³/mol. The van der Waals surface area contributed by atoms with Gasteiger partial charge in [0.25, 0.3) is 5.91 Å². The van der Waals surface area contributed by atoms with Gasteiger partial charge in [0.1, 0.15) is 48.9 Å². The van der Waals surface area contributed by atoms with Crippen LogP contribution in [0.3, 0.4) is 0 Å². The van der Waals surface area contributed by atoms with Gasteiger partial charge in [0.2, 0.25) is 0 Å². The molecule has 5 rings (SSSR count). The summed E-state index contributed by atoms with van der Waals surface area (Å²) in [5.74, 6) is -0.630. The molecule has 2 heterocycles. The van der Waals surface area contributed by atoms with E-state index < -0.39 is 17.8 Å². The van der Waals surface area contributed by atoms with E-state index in [9.17, 15) is 9.90 Å². The van der Waals surface area contributed by atoms with E-state index in [1.54, 1.807) is 42.5 Å². The lowest BCUT2D eigenvalue weighted by atomic mass is 9.83. The first kappa shape index (κ1) is 36.4. The van der Waals surface area contributed by atoms with Crippen molar-refractivity contribution in [2.75, 3.05) is 10.2 Å². The van der Waals surface area contributed by atoms with E-state index in [2.05, 4.69) is 31.1 Å². The van der Waals surface area contributed by atoms with Gasteiger partial charge in [0.15, 0.2) is 0 Å². The summed E-state index contributed by atoms with van der Waals surface area (Å²) in [4.78, 5) is 36.1. The predicted octanol–water partition coefficient (Wildman–Crippen LogP) is 8.70. The molecule has 0 radical (unpaired) electrons. The monoisotopic (exact) mass is 659 g/mol. The number of aromatic hydroxyl groups is 1. The van der Waals surface area contributed by atoms with Crippen molar-refractivity contribution in [2.24, 2.45) is 5.41 Å². The average molecular weight is 660 g/mol. The lowest BCUT2D eigenvalue weighted by Crippen LogP contribution is -2.36. The third kappa shape index (κ3) is 8.62. The number of aromatic nitrogens is 1. The molecule has 1 atom stereocenters. The van der Waals surface area contributed by atoms with Crippen molar-refractivity contribution in [3.05, 3.63) is 124 Å². The lowest BCUT2D eigenvalue weighted by Gasteiger charge is -2.33. The number of hydrogen-bond donors (Lipinski definition) is 2. The number of amides is 1. The van der Waals surface area contributed by atoms with Crippen LogP contribution in [0.1, 0.15) is 68.2 Å². The number of rotatable bonds is 8. The molecular weight excluding hydrogens is 621 g/mol. The third-order valence-electron chi connectivity index (χ3n) is 7.99. The van der Waals surface area contributed by atoms with Crippen molar-refractivity contribution in [1.29, 1.82) is 0 Å². The van der Waals surface area contributed by atoms with Gasteiger partial charge in [0.05, 0.1) is 16.8 Å². The van der Waals surface area contributed by atoms with Crippen molar-refractivity contribution >= 4 is 42.5 Å². The summed E-state index contributed by atoms with van der Waals surface area (Å²) in [6.45, 7) is 12.6. The van der Waals surface area contributed by atoms with Crippen LogP contribution < -0.4 is 15.0 Å². The summed E-state index contributed by atoms with van der Waals surface area (Å²) < 4.78 is 22.1. The topological polar surface area (TPSA) is 109 Å². The molecule has 8 nitrogen and oxygen atoms in total. The maximum absolute atomic E-state index is 16.2. The molecule has 246 valence electrons. The van der Waals surface area contributed by atoms with Crippen molar-refractivity contribution in [3.63, 3.8) is 0 Å². The fourth-order valence-electron chi connectivity index (χ4n) is 5.18. The molecule has 47 heavy (non-hydrogen) atoms. The first-order chi connectivity index (χ1) is 22.6. The Morgan fingerprint density at radius 1 is 1.04 bits per heavy atom. The molecule has 0 aliphatic carbocycles. The molecule has 4 aromatic rings. The fourth-order valence-corrected chi connectivity index (χ4v) is 5.29. The van der Waals surface area contributed by atoms with E-state index in [1.165, 1.54) is 17.2 Å². The number of ether oxygens (including phenoxy) is 1. The summed E-state index contributed by atoms with van der Waals surface area (Å²) in [7, 11) is 0. The molecule has 1 aromatic heterocycles. The number of pyridine rings is 1. The quantitative estimate of drug-likeness (QED) is 0.182. The van der Waals surface area contributed by atoms with E-state index in [4.69, 9.17) is 25.9 Å². The molecular formula is C37H39ClFN3O5. The highest BCUT2D eigenvalue weighted by Crippen LogP contribution is 2.48. The van der Waals surface area contributed by atoms with Crippen molar-refractivity contribution in [2.45, 2.75) is 53.2 Å². The number of hydrogen-bond acceptors (Lipinski definition) is 7. The van der Waals surface area contributed by atoms with Crippen LogP contribution in [-0.2, 0) is 16.2 Å². The number of phenols is 1. The summed E-state index contributed by atoms with van der Waals surface area (Å²) in [5.41, 5.74) is 3.61. The maximum Gasteiger partial charge on any atom is 0.277 e. The molecule has 0 fully saturated rings.